The number of nitrogens with one attached hydrogen (secondary N) is 2. The number of piperidine rings is 1. The fraction of sp³-hybridized carbons (Fsp3) is 0.556. The van der Waals surface area contributed by atoms with Crippen LogP contribution in [0.5, 0.6) is 0 Å². The number of hydrogen-bond acceptors (Lipinski definition) is 3. The molecular weight excluding hydrogens is 405 g/mol. The van der Waals surface area contributed by atoms with E-state index in [9.17, 15) is 14.0 Å². The lowest BCUT2D eigenvalue weighted by Crippen LogP contribution is -2.51. The molecule has 1 aromatic rings. The zero-order valence-electron chi connectivity index (χ0n) is 15.5. The van der Waals surface area contributed by atoms with E-state index in [1.165, 1.54) is 6.07 Å². The van der Waals surface area contributed by atoms with Crippen LogP contribution in [0.1, 0.15) is 39.2 Å². The highest BCUT2D eigenvalue weighted by Crippen LogP contribution is 2.24. The summed E-state index contributed by atoms with van der Waals surface area (Å²) in [5, 5.41) is 5.55. The van der Waals surface area contributed by atoms with Gasteiger partial charge in [0.15, 0.2) is 0 Å². The Morgan fingerprint density at radius 3 is 2.69 bits per heavy atom. The maximum absolute atomic E-state index is 13.7. The number of carbonyl (C=O) groups excluding carboxylic acids is 2. The Bertz CT molecular complexity index is 691. The van der Waals surface area contributed by atoms with Crippen molar-refractivity contribution < 1.29 is 18.7 Å². The molecular formula is C18H25BrFN3O3. The van der Waals surface area contributed by atoms with Crippen LogP contribution in [0.3, 0.4) is 0 Å². The molecule has 1 aromatic carbocycles. The lowest BCUT2D eigenvalue weighted by atomic mass is 10.1. The van der Waals surface area contributed by atoms with Gasteiger partial charge in [0.1, 0.15) is 11.4 Å². The number of hydrogen-bond donors (Lipinski definition) is 2. The van der Waals surface area contributed by atoms with Gasteiger partial charge in [-0.1, -0.05) is 0 Å². The van der Waals surface area contributed by atoms with Gasteiger partial charge in [0.2, 0.25) is 0 Å². The standard InChI is InChI=1S/C18H25BrFN3O3/c1-11-8-13(19)14(20)9-15(11)22-16(24)23-7-5-6-12(10-23)21-17(25)26-18(2,3)4/h8-9,12H,5-7,10H2,1-4H3,(H,21,25)(H,22,24). The Labute approximate surface area is 161 Å². The number of rotatable bonds is 2. The van der Waals surface area contributed by atoms with Gasteiger partial charge in [-0.15, -0.1) is 0 Å². The predicted octanol–water partition coefficient (Wildman–Crippen LogP) is 4.42. The van der Waals surface area contributed by atoms with E-state index >= 15 is 0 Å². The number of ether oxygens (including phenoxy) is 1. The summed E-state index contributed by atoms with van der Waals surface area (Å²) in [5.74, 6) is -0.436. The first kappa shape index (κ1) is 20.5. The summed E-state index contributed by atoms with van der Waals surface area (Å²) in [6.45, 7) is 8.15. The fourth-order valence-corrected chi connectivity index (χ4v) is 3.19. The number of urea groups is 1. The fourth-order valence-electron chi connectivity index (χ4n) is 2.73. The second kappa shape index (κ2) is 8.24. The van der Waals surface area contributed by atoms with E-state index in [2.05, 4.69) is 26.6 Å². The molecule has 1 fully saturated rings. The topological polar surface area (TPSA) is 70.7 Å². The van der Waals surface area contributed by atoms with E-state index in [1.54, 1.807) is 38.7 Å². The van der Waals surface area contributed by atoms with Crippen LogP contribution in [-0.2, 0) is 4.74 Å². The van der Waals surface area contributed by atoms with Gasteiger partial charge in [-0.25, -0.2) is 14.0 Å². The van der Waals surface area contributed by atoms with Crippen molar-refractivity contribution in [2.24, 2.45) is 0 Å². The normalized spacial score (nSPS) is 17.6. The van der Waals surface area contributed by atoms with Gasteiger partial charge in [-0.05, 0) is 74.2 Å². The van der Waals surface area contributed by atoms with Gasteiger partial charge in [0, 0.05) is 24.8 Å². The predicted molar refractivity (Wildman–Crippen MR) is 102 cm³/mol. The molecule has 0 spiro atoms. The van der Waals surface area contributed by atoms with Crippen LogP contribution in [0.4, 0.5) is 19.7 Å². The van der Waals surface area contributed by atoms with Crippen molar-refractivity contribution in [1.29, 1.82) is 0 Å². The summed E-state index contributed by atoms with van der Waals surface area (Å²) in [7, 11) is 0. The van der Waals surface area contributed by atoms with Gasteiger partial charge in [-0.3, -0.25) is 0 Å². The van der Waals surface area contributed by atoms with Crippen molar-refractivity contribution in [3.63, 3.8) is 0 Å². The highest BCUT2D eigenvalue weighted by molar-refractivity contribution is 9.10. The first-order valence-corrected chi connectivity index (χ1v) is 9.35. The van der Waals surface area contributed by atoms with E-state index in [0.717, 1.165) is 18.4 Å². The lowest BCUT2D eigenvalue weighted by molar-refractivity contribution is 0.0480. The molecule has 1 heterocycles. The second-order valence-electron chi connectivity index (χ2n) is 7.44. The second-order valence-corrected chi connectivity index (χ2v) is 8.30. The van der Waals surface area contributed by atoms with E-state index in [-0.39, 0.29) is 12.1 Å². The average molecular weight is 430 g/mol. The number of carbonyl (C=O) groups is 2. The maximum atomic E-state index is 13.7. The molecule has 3 amide bonds. The zero-order chi connectivity index (χ0) is 19.5. The molecule has 1 aliphatic rings. The molecule has 8 heteroatoms. The number of amides is 3. The third-order valence-electron chi connectivity index (χ3n) is 3.94. The van der Waals surface area contributed by atoms with E-state index in [4.69, 9.17) is 4.74 Å². The minimum absolute atomic E-state index is 0.174. The molecule has 1 saturated heterocycles. The van der Waals surface area contributed by atoms with Crippen LogP contribution in [0.25, 0.3) is 0 Å². The molecule has 0 aliphatic carbocycles. The van der Waals surface area contributed by atoms with Gasteiger partial charge < -0.3 is 20.3 Å². The zero-order valence-corrected chi connectivity index (χ0v) is 17.1. The maximum Gasteiger partial charge on any atom is 0.407 e. The monoisotopic (exact) mass is 429 g/mol. The minimum Gasteiger partial charge on any atom is -0.444 e. The van der Waals surface area contributed by atoms with Crippen molar-refractivity contribution in [2.75, 3.05) is 18.4 Å². The Balaban J connectivity index is 1.95. The Morgan fingerprint density at radius 1 is 1.35 bits per heavy atom. The van der Waals surface area contributed by atoms with Crippen molar-refractivity contribution >= 4 is 33.7 Å². The van der Waals surface area contributed by atoms with Gasteiger partial charge in [-0.2, -0.15) is 0 Å². The first-order valence-electron chi connectivity index (χ1n) is 8.56. The molecule has 2 rings (SSSR count). The number of likely N-dealkylation sites (tertiary alicyclic amines) is 1. The molecule has 26 heavy (non-hydrogen) atoms. The summed E-state index contributed by atoms with van der Waals surface area (Å²) >= 11 is 3.12. The SMILES string of the molecule is Cc1cc(Br)c(F)cc1NC(=O)N1CCCC(NC(=O)OC(C)(C)C)C1. The van der Waals surface area contributed by atoms with Crippen LogP contribution in [0, 0.1) is 12.7 Å². The Kier molecular flexibility index (Phi) is 6.49. The molecule has 1 aliphatic heterocycles. The largest absolute Gasteiger partial charge is 0.444 e. The van der Waals surface area contributed by atoms with E-state index in [1.807, 2.05) is 0 Å². The van der Waals surface area contributed by atoms with Crippen molar-refractivity contribution in [1.82, 2.24) is 10.2 Å². The van der Waals surface area contributed by atoms with Gasteiger partial charge in [0.25, 0.3) is 0 Å². The molecule has 144 valence electrons. The van der Waals surface area contributed by atoms with Crippen LogP contribution < -0.4 is 10.6 Å². The third-order valence-corrected chi connectivity index (χ3v) is 4.55. The number of halogens is 2. The third kappa shape index (κ3) is 5.86. The molecule has 0 bridgehead atoms. The van der Waals surface area contributed by atoms with Crippen LogP contribution in [-0.4, -0.2) is 41.8 Å². The number of nitrogens with zero attached hydrogens (tertiary/aromatic N) is 1. The smallest absolute Gasteiger partial charge is 0.407 e. The Morgan fingerprint density at radius 2 is 2.04 bits per heavy atom. The van der Waals surface area contributed by atoms with E-state index in [0.29, 0.717) is 23.2 Å². The molecule has 0 aromatic heterocycles. The van der Waals surface area contributed by atoms with Crippen molar-refractivity contribution in [3.05, 3.63) is 28.0 Å². The summed E-state index contributed by atoms with van der Waals surface area (Å²) in [5.41, 5.74) is 0.615. The molecule has 0 radical (unpaired) electrons. The molecule has 0 saturated carbocycles. The van der Waals surface area contributed by atoms with Gasteiger partial charge in [0.05, 0.1) is 4.47 Å². The first-order chi connectivity index (χ1) is 12.0. The number of benzene rings is 1. The average Bonchev–Trinajstić information content (AvgIpc) is 2.50. The summed E-state index contributed by atoms with van der Waals surface area (Å²) in [6.07, 6.45) is 1.05. The van der Waals surface area contributed by atoms with Crippen LogP contribution >= 0.6 is 15.9 Å². The summed E-state index contributed by atoms with van der Waals surface area (Å²) in [6, 6.07) is 2.42. The molecule has 2 N–H and O–H groups in total. The van der Waals surface area contributed by atoms with Crippen LogP contribution in [0.15, 0.2) is 16.6 Å². The Hall–Kier alpha value is -1.83. The van der Waals surface area contributed by atoms with Crippen molar-refractivity contribution in [3.8, 4) is 0 Å². The molecule has 1 unspecified atom stereocenters. The summed E-state index contributed by atoms with van der Waals surface area (Å²) < 4.78 is 19.3. The minimum atomic E-state index is -0.570. The highest BCUT2D eigenvalue weighted by atomic mass is 79.9. The number of aryl methyl sites for hydroxylation is 1. The lowest BCUT2D eigenvalue weighted by Gasteiger charge is -2.33. The number of anilines is 1. The highest BCUT2D eigenvalue weighted by Gasteiger charge is 2.27. The molecule has 6 nitrogen and oxygen atoms in total. The van der Waals surface area contributed by atoms with E-state index < -0.39 is 17.5 Å². The number of alkyl carbamates (subject to hydrolysis) is 1. The van der Waals surface area contributed by atoms with Crippen LogP contribution in [0.2, 0.25) is 0 Å². The summed E-state index contributed by atoms with van der Waals surface area (Å²) in [4.78, 5) is 26.0. The van der Waals surface area contributed by atoms with Crippen molar-refractivity contribution in [2.45, 2.75) is 52.2 Å². The molecule has 1 atom stereocenters. The quantitative estimate of drug-likeness (QED) is 0.730. The van der Waals surface area contributed by atoms with Gasteiger partial charge >= 0.3 is 12.1 Å².